The molecule has 2 N–H and O–H groups in total. The summed E-state index contributed by atoms with van der Waals surface area (Å²) in [7, 11) is 34.8. The van der Waals surface area contributed by atoms with Crippen LogP contribution in [-0.2, 0) is 12.8 Å². The van der Waals surface area contributed by atoms with Crippen molar-refractivity contribution in [3.63, 3.8) is 0 Å². The highest BCUT2D eigenvalue weighted by molar-refractivity contribution is 6.60. The van der Waals surface area contributed by atoms with E-state index in [2.05, 4.69) is 20.6 Å². The number of aromatic nitrogens is 3. The van der Waals surface area contributed by atoms with Gasteiger partial charge in [-0.3, -0.25) is 0 Å². The summed E-state index contributed by atoms with van der Waals surface area (Å²) in [6.07, 6.45) is 3.80. The maximum absolute atomic E-state index is 5.80. The maximum Gasteiger partial charge on any atom is 0.226 e. The molecule has 4 rings (SSSR count). The topological polar surface area (TPSA) is 66.0 Å². The van der Waals surface area contributed by atoms with Crippen LogP contribution in [0.2, 0.25) is 0 Å². The highest BCUT2D eigenvalue weighted by Gasteiger charge is 2.30. The third kappa shape index (κ3) is 4.32. The molecule has 2 aromatic rings. The summed E-state index contributed by atoms with van der Waals surface area (Å²) >= 11 is 0. The van der Waals surface area contributed by atoms with E-state index in [9.17, 15) is 0 Å². The Morgan fingerprint density at radius 3 is 2.45 bits per heavy atom. The van der Waals surface area contributed by atoms with Crippen molar-refractivity contribution in [2.24, 2.45) is 0 Å². The van der Waals surface area contributed by atoms with Crippen LogP contribution in [0, 0.1) is 6.92 Å². The highest BCUT2D eigenvalue weighted by atomic mass is 15.2. The van der Waals surface area contributed by atoms with Crippen molar-refractivity contribution in [3.05, 3.63) is 16.8 Å². The molecule has 6 nitrogen and oxygen atoms in total. The van der Waals surface area contributed by atoms with E-state index in [-0.39, 0.29) is 6.04 Å². The van der Waals surface area contributed by atoms with Crippen LogP contribution in [0.5, 0.6) is 0 Å². The molecule has 0 saturated carbocycles. The van der Waals surface area contributed by atoms with Gasteiger partial charge in [-0.2, -0.15) is 9.97 Å². The van der Waals surface area contributed by atoms with E-state index < -0.39 is 10.5 Å². The number of rotatable bonds is 5. The lowest BCUT2D eigenvalue weighted by atomic mass is 9.48. The van der Waals surface area contributed by atoms with E-state index in [1.807, 2.05) is 6.92 Å². The Hall–Kier alpha value is -1.56. The summed E-state index contributed by atoms with van der Waals surface area (Å²) in [5.74, 6) is 0.850. The molecule has 12 radical (unpaired) electrons. The Balaban J connectivity index is 1.71. The molecule has 1 atom stereocenters. The number of likely N-dealkylation sites (tertiary alicyclic amines) is 1. The number of hydrogen-bond acceptors (Lipinski definition) is 6. The average Bonchev–Trinajstić information content (AvgIpc) is 3.21. The van der Waals surface area contributed by atoms with Crippen LogP contribution in [0.25, 0.3) is 11.0 Å². The van der Waals surface area contributed by atoms with E-state index >= 15 is 0 Å². The van der Waals surface area contributed by atoms with Gasteiger partial charge in [-0.25, -0.2) is 4.98 Å². The third-order valence-corrected chi connectivity index (χ3v) is 5.55. The van der Waals surface area contributed by atoms with Crippen molar-refractivity contribution in [2.45, 2.75) is 49.1 Å². The molecule has 1 fully saturated rings. The van der Waals surface area contributed by atoms with Gasteiger partial charge in [0.25, 0.3) is 0 Å². The molecule has 0 spiro atoms. The van der Waals surface area contributed by atoms with Gasteiger partial charge in [0.05, 0.1) is 52.5 Å². The molecule has 29 heavy (non-hydrogen) atoms. The Bertz CT molecular complexity index is 941. The second-order valence-corrected chi connectivity index (χ2v) is 8.13. The van der Waals surface area contributed by atoms with Crippen LogP contribution < -0.4 is 10.6 Å². The van der Waals surface area contributed by atoms with Gasteiger partial charge < -0.3 is 15.5 Å². The molecular formula is C17H18B6N6. The zero-order chi connectivity index (χ0) is 21.0. The number of fused-ring (bicyclic) bond motifs is 2. The predicted molar refractivity (Wildman–Crippen MR) is 121 cm³/mol. The quantitative estimate of drug-likeness (QED) is 0.655. The highest BCUT2D eigenvalue weighted by Crippen LogP contribution is 2.33. The van der Waals surface area contributed by atoms with Crippen LogP contribution >= 0.6 is 0 Å². The zero-order valence-electron chi connectivity index (χ0n) is 16.6. The molecule has 0 aromatic carbocycles. The zero-order valence-corrected chi connectivity index (χ0v) is 16.6. The van der Waals surface area contributed by atoms with Gasteiger partial charge in [-0.05, 0) is 50.3 Å². The molecule has 134 valence electrons. The monoisotopic (exact) mass is 372 g/mol. The average molecular weight is 371 g/mol. The smallest absolute Gasteiger partial charge is 0.226 e. The number of nitrogens with zero attached hydrogens (tertiary/aromatic N) is 4. The van der Waals surface area contributed by atoms with Gasteiger partial charge in [0.15, 0.2) is 5.65 Å². The van der Waals surface area contributed by atoms with Crippen molar-refractivity contribution in [1.29, 1.82) is 0 Å². The Morgan fingerprint density at radius 2 is 1.79 bits per heavy atom. The first-order chi connectivity index (χ1) is 13.5. The van der Waals surface area contributed by atoms with E-state index in [1.54, 1.807) is 4.90 Å². The normalized spacial score (nSPS) is 20.1. The van der Waals surface area contributed by atoms with Crippen molar-refractivity contribution in [2.75, 3.05) is 23.7 Å². The summed E-state index contributed by atoms with van der Waals surface area (Å²) in [6.45, 7) is 3.28. The lowest BCUT2D eigenvalue weighted by Gasteiger charge is -2.33. The Labute approximate surface area is 179 Å². The van der Waals surface area contributed by atoms with Crippen LogP contribution in [0.1, 0.15) is 29.7 Å². The SMILES string of the molecule is [B]C([B])([B])Nc1nc(NC2CCN(C([B])([B])[B])C2)nc2nc3c(c(C)c12)CCC3. The summed E-state index contributed by atoms with van der Waals surface area (Å²) in [4.78, 5) is 15.8. The number of anilines is 2. The molecule has 3 heterocycles. The molecular weight excluding hydrogens is 353 g/mol. The lowest BCUT2D eigenvalue weighted by molar-refractivity contribution is 0.338. The van der Waals surface area contributed by atoms with Gasteiger partial charge in [0.1, 0.15) is 5.82 Å². The second-order valence-electron chi connectivity index (χ2n) is 8.13. The van der Waals surface area contributed by atoms with Gasteiger partial charge in [0.2, 0.25) is 5.95 Å². The third-order valence-electron chi connectivity index (χ3n) is 5.55. The molecule has 2 aliphatic rings. The first kappa shape index (κ1) is 20.7. The van der Waals surface area contributed by atoms with Crippen LogP contribution in [0.4, 0.5) is 11.8 Å². The number of hydrogen-bond donors (Lipinski definition) is 2. The first-order valence-corrected chi connectivity index (χ1v) is 9.74. The predicted octanol–water partition coefficient (Wildman–Crippen LogP) is -1.05. The largest absolute Gasteiger partial charge is 0.389 e. The molecule has 12 heteroatoms. The van der Waals surface area contributed by atoms with Crippen molar-refractivity contribution in [1.82, 2.24) is 19.9 Å². The van der Waals surface area contributed by atoms with Crippen LogP contribution in [0.15, 0.2) is 0 Å². The minimum absolute atomic E-state index is 0.0317. The van der Waals surface area contributed by atoms with E-state index in [1.165, 1.54) is 5.56 Å². The van der Waals surface area contributed by atoms with Crippen LogP contribution in [-0.4, -0.2) is 96.5 Å². The van der Waals surface area contributed by atoms with Gasteiger partial charge >= 0.3 is 0 Å². The van der Waals surface area contributed by atoms with E-state index in [4.69, 9.17) is 52.1 Å². The van der Waals surface area contributed by atoms with Crippen molar-refractivity contribution in [3.8, 4) is 0 Å². The van der Waals surface area contributed by atoms with E-state index in [0.29, 0.717) is 30.5 Å². The molecule has 1 unspecified atom stereocenters. The molecule has 1 aliphatic heterocycles. The fourth-order valence-electron chi connectivity index (χ4n) is 4.18. The van der Waals surface area contributed by atoms with Crippen LogP contribution in [0.3, 0.4) is 0 Å². The molecule has 0 amide bonds. The first-order valence-electron chi connectivity index (χ1n) is 9.74. The van der Waals surface area contributed by atoms with Gasteiger partial charge in [-0.15, -0.1) is 0 Å². The Morgan fingerprint density at radius 1 is 1.03 bits per heavy atom. The molecule has 0 bridgehead atoms. The van der Waals surface area contributed by atoms with Crippen molar-refractivity contribution >= 4 is 69.9 Å². The molecule has 2 aromatic heterocycles. The van der Waals surface area contributed by atoms with E-state index in [0.717, 1.165) is 42.3 Å². The number of nitrogens with one attached hydrogen (secondary N) is 2. The minimum atomic E-state index is -1.63. The summed E-state index contributed by atoms with van der Waals surface area (Å²) in [5.41, 5.74) is 3.97. The van der Waals surface area contributed by atoms with Gasteiger partial charge in [-0.1, -0.05) is 10.5 Å². The van der Waals surface area contributed by atoms with Gasteiger partial charge in [0, 0.05) is 18.3 Å². The lowest BCUT2D eigenvalue weighted by Crippen LogP contribution is -2.50. The number of pyridine rings is 1. The summed E-state index contributed by atoms with van der Waals surface area (Å²) in [5, 5.41) is 3.99. The standard InChI is InChI=1S/C17H18B6N6/c1-8-10-3-2-4-11(10)25-13-12(8)14(28-16(18,19)20)27-15(26-13)24-9-5-6-29(7-9)17(21,22)23/h9H,2-7H2,1H3,(H2,24,25,26,27,28). The van der Waals surface area contributed by atoms with Crippen molar-refractivity contribution < 1.29 is 0 Å². The fraction of sp³-hybridized carbons (Fsp3) is 0.588. The Kier molecular flexibility index (Phi) is 5.21. The maximum atomic E-state index is 5.80. The summed E-state index contributed by atoms with van der Waals surface area (Å²) < 4.78 is 0. The molecule has 1 saturated heterocycles. The molecule has 1 aliphatic carbocycles. The summed E-state index contributed by atoms with van der Waals surface area (Å²) in [6, 6.07) is 0.0317. The fourth-order valence-corrected chi connectivity index (χ4v) is 4.18. The second kappa shape index (κ2) is 7.29. The minimum Gasteiger partial charge on any atom is -0.389 e. The number of aryl methyl sites for hydroxylation is 2.